The molecule has 7 atom stereocenters. The SMILES string of the molecule is C[C@@H]1CC[C@@H]2[C@](C)(COC(=O)c3ccc(Cl)cc3Cl)[C@@H](OC(=O)c3ccc(Cl)cc3Cl)CC[C@]2(C)[C@@]12CC[C@]1(COC(=O)C1)O2. The van der Waals surface area contributed by atoms with Crippen molar-refractivity contribution in [2.45, 2.75) is 83.0 Å². The Morgan fingerprint density at radius 1 is 0.889 bits per heavy atom. The van der Waals surface area contributed by atoms with Gasteiger partial charge < -0.3 is 18.9 Å². The second-order valence-electron chi connectivity index (χ2n) is 13.7. The van der Waals surface area contributed by atoms with Gasteiger partial charge in [0.25, 0.3) is 0 Å². The lowest BCUT2D eigenvalue weighted by atomic mass is 9.43. The maximum Gasteiger partial charge on any atom is 0.339 e. The van der Waals surface area contributed by atoms with Gasteiger partial charge in [0.05, 0.1) is 33.2 Å². The number of cyclic esters (lactones) is 1. The van der Waals surface area contributed by atoms with Gasteiger partial charge >= 0.3 is 17.9 Å². The number of ether oxygens (including phenoxy) is 4. The number of hydrogen-bond donors (Lipinski definition) is 0. The van der Waals surface area contributed by atoms with Crippen LogP contribution in [0.1, 0.15) is 86.4 Å². The second kappa shape index (κ2) is 11.9. The summed E-state index contributed by atoms with van der Waals surface area (Å²) in [6.07, 6.45) is 4.09. The molecule has 2 saturated carbocycles. The number of rotatable bonds is 5. The number of fused-ring (bicyclic) bond motifs is 2. The first-order chi connectivity index (χ1) is 21.2. The summed E-state index contributed by atoms with van der Waals surface area (Å²) in [5, 5.41) is 1.20. The van der Waals surface area contributed by atoms with Gasteiger partial charge in [0, 0.05) is 20.9 Å². The molecule has 0 amide bonds. The zero-order chi connectivity index (χ0) is 32.4. The Hall–Kier alpha value is -2.03. The van der Waals surface area contributed by atoms with E-state index in [2.05, 4.69) is 13.8 Å². The molecule has 2 aliphatic carbocycles. The number of carbonyl (C=O) groups is 3. The van der Waals surface area contributed by atoms with Crippen molar-refractivity contribution in [2.24, 2.45) is 22.7 Å². The topological polar surface area (TPSA) is 88.1 Å². The maximum absolute atomic E-state index is 13.6. The van der Waals surface area contributed by atoms with Gasteiger partial charge in [-0.3, -0.25) is 4.79 Å². The van der Waals surface area contributed by atoms with E-state index in [0.717, 1.165) is 25.7 Å². The lowest BCUT2D eigenvalue weighted by Gasteiger charge is -2.65. The Morgan fingerprint density at radius 2 is 1.53 bits per heavy atom. The Bertz CT molecular complexity index is 1550. The fourth-order valence-electron chi connectivity index (χ4n) is 8.90. The summed E-state index contributed by atoms with van der Waals surface area (Å²) in [4.78, 5) is 39.1. The molecule has 2 aliphatic heterocycles. The van der Waals surface area contributed by atoms with Gasteiger partial charge in [-0.15, -0.1) is 0 Å². The Kier molecular flexibility index (Phi) is 8.69. The van der Waals surface area contributed by atoms with Crippen LogP contribution in [0.25, 0.3) is 0 Å². The monoisotopic (exact) mass is 696 g/mol. The zero-order valence-electron chi connectivity index (χ0n) is 25.4. The first-order valence-corrected chi connectivity index (χ1v) is 16.9. The van der Waals surface area contributed by atoms with Crippen molar-refractivity contribution < 1.29 is 33.3 Å². The van der Waals surface area contributed by atoms with Crippen molar-refractivity contribution in [1.82, 2.24) is 0 Å². The van der Waals surface area contributed by atoms with Gasteiger partial charge in [-0.2, -0.15) is 0 Å². The lowest BCUT2D eigenvalue weighted by molar-refractivity contribution is -0.265. The van der Waals surface area contributed by atoms with Crippen LogP contribution >= 0.6 is 46.4 Å². The van der Waals surface area contributed by atoms with Crippen LogP contribution in [0.3, 0.4) is 0 Å². The molecule has 7 nitrogen and oxygen atoms in total. The molecule has 0 radical (unpaired) electrons. The minimum absolute atomic E-state index is 0.0193. The molecule has 2 aromatic rings. The molecule has 6 rings (SSSR count). The van der Waals surface area contributed by atoms with E-state index in [-0.39, 0.29) is 64.0 Å². The van der Waals surface area contributed by atoms with Crippen LogP contribution in [-0.2, 0) is 23.7 Å². The Morgan fingerprint density at radius 3 is 2.13 bits per heavy atom. The van der Waals surface area contributed by atoms with Crippen LogP contribution in [0, 0.1) is 22.7 Å². The summed E-state index contributed by atoms with van der Waals surface area (Å²) in [5.41, 5.74) is -1.92. The Balaban J connectivity index is 1.34. The highest BCUT2D eigenvalue weighted by Gasteiger charge is 2.70. The molecule has 45 heavy (non-hydrogen) atoms. The van der Waals surface area contributed by atoms with E-state index in [9.17, 15) is 14.4 Å². The normalized spacial score (nSPS) is 35.7. The van der Waals surface area contributed by atoms with Crippen LogP contribution in [0.15, 0.2) is 36.4 Å². The van der Waals surface area contributed by atoms with Crippen LogP contribution in [0.5, 0.6) is 0 Å². The van der Waals surface area contributed by atoms with Crippen molar-refractivity contribution in [1.29, 1.82) is 0 Å². The minimum Gasteiger partial charge on any atom is -0.463 e. The van der Waals surface area contributed by atoms with Gasteiger partial charge in [0.2, 0.25) is 0 Å². The summed E-state index contributed by atoms with van der Waals surface area (Å²) in [7, 11) is 0. The number of hydrogen-bond acceptors (Lipinski definition) is 7. The van der Waals surface area contributed by atoms with E-state index in [1.54, 1.807) is 18.2 Å². The predicted molar refractivity (Wildman–Crippen MR) is 171 cm³/mol. The van der Waals surface area contributed by atoms with E-state index >= 15 is 0 Å². The molecule has 0 bridgehead atoms. The van der Waals surface area contributed by atoms with Crippen molar-refractivity contribution in [3.05, 3.63) is 67.6 Å². The Labute approximate surface area is 283 Å². The van der Waals surface area contributed by atoms with Crippen molar-refractivity contribution in [3.63, 3.8) is 0 Å². The van der Waals surface area contributed by atoms with E-state index < -0.39 is 34.7 Å². The smallest absolute Gasteiger partial charge is 0.339 e. The second-order valence-corrected chi connectivity index (χ2v) is 15.4. The molecule has 2 spiro atoms. The predicted octanol–water partition coefficient (Wildman–Crippen LogP) is 8.77. The third-order valence-electron chi connectivity index (χ3n) is 11.3. The van der Waals surface area contributed by atoms with Gasteiger partial charge in [-0.05, 0) is 86.8 Å². The highest BCUT2D eigenvalue weighted by molar-refractivity contribution is 6.37. The third-order valence-corrected chi connectivity index (χ3v) is 12.4. The molecule has 0 aromatic heterocycles. The first kappa shape index (κ1) is 32.9. The third kappa shape index (κ3) is 5.54. The maximum atomic E-state index is 13.6. The number of benzene rings is 2. The molecular weight excluding hydrogens is 662 g/mol. The molecular formula is C34H36Cl4O7. The van der Waals surface area contributed by atoms with Gasteiger partial charge in [0.15, 0.2) is 0 Å². The molecule has 4 aliphatic rings. The summed E-state index contributed by atoms with van der Waals surface area (Å²) >= 11 is 24.9. The highest BCUT2D eigenvalue weighted by Crippen LogP contribution is 2.68. The standard InChI is InChI=1S/C34H36Cl4O7/c1-19-4-9-26-31(2,17-43-29(40)22-7-5-20(35)14-24(22)37)27(44-30(41)23-8-6-21(36)15-25(23)38)10-11-32(26,3)34(19)13-12-33(45-34)16-28(39)42-18-33/h5-8,14-15,19,26-27H,4,9-13,16-18H2,1-3H3/t19-,26-,27+,31+,32+,33+,34-/m1/s1. The summed E-state index contributed by atoms with van der Waals surface area (Å²) in [6.45, 7) is 6.76. The van der Waals surface area contributed by atoms with Crippen molar-refractivity contribution in [3.8, 4) is 0 Å². The fraction of sp³-hybridized carbons (Fsp3) is 0.559. The molecule has 2 aromatic carbocycles. The fourth-order valence-corrected chi connectivity index (χ4v) is 9.87. The largest absolute Gasteiger partial charge is 0.463 e. The van der Waals surface area contributed by atoms with E-state index in [4.69, 9.17) is 65.4 Å². The average molecular weight is 698 g/mol. The first-order valence-electron chi connectivity index (χ1n) is 15.4. The van der Waals surface area contributed by atoms with Crippen LogP contribution in [0.4, 0.5) is 0 Å². The molecule has 242 valence electrons. The van der Waals surface area contributed by atoms with E-state index in [1.165, 1.54) is 18.2 Å². The van der Waals surface area contributed by atoms with Crippen LogP contribution in [-0.4, -0.2) is 48.4 Å². The van der Waals surface area contributed by atoms with Gasteiger partial charge in [-0.25, -0.2) is 9.59 Å². The van der Waals surface area contributed by atoms with E-state index in [0.29, 0.717) is 22.9 Å². The van der Waals surface area contributed by atoms with Crippen LogP contribution in [0.2, 0.25) is 20.1 Å². The minimum atomic E-state index is -0.801. The highest BCUT2D eigenvalue weighted by atomic mass is 35.5. The van der Waals surface area contributed by atoms with Crippen molar-refractivity contribution >= 4 is 64.3 Å². The lowest BCUT2D eigenvalue weighted by Crippen LogP contribution is -2.67. The summed E-state index contributed by atoms with van der Waals surface area (Å²) in [5.74, 6) is -1.23. The summed E-state index contributed by atoms with van der Waals surface area (Å²) < 4.78 is 24.8. The molecule has 2 saturated heterocycles. The number of esters is 3. The number of halogens is 4. The molecule has 0 unspecified atom stereocenters. The van der Waals surface area contributed by atoms with Gasteiger partial charge in [0.1, 0.15) is 24.9 Å². The van der Waals surface area contributed by atoms with E-state index in [1.807, 2.05) is 6.92 Å². The molecule has 2 heterocycles. The summed E-state index contributed by atoms with van der Waals surface area (Å²) in [6, 6.07) is 9.26. The average Bonchev–Trinajstić information content (AvgIpc) is 3.54. The zero-order valence-corrected chi connectivity index (χ0v) is 28.5. The quantitative estimate of drug-likeness (QED) is 0.228. The van der Waals surface area contributed by atoms with Gasteiger partial charge in [-0.1, -0.05) is 67.2 Å². The molecule has 11 heteroatoms. The molecule has 0 N–H and O–H groups in total. The van der Waals surface area contributed by atoms with Crippen molar-refractivity contribution in [2.75, 3.05) is 13.2 Å². The molecule has 4 fully saturated rings. The van der Waals surface area contributed by atoms with Crippen LogP contribution < -0.4 is 0 Å². The number of carbonyl (C=O) groups excluding carboxylic acids is 3.